The normalized spacial score (nSPS) is 11.2. The Morgan fingerprint density at radius 1 is 1.29 bits per heavy atom. The number of carbonyl (C=O) groups excluding carboxylic acids is 1. The van der Waals surface area contributed by atoms with E-state index in [1.165, 1.54) is 10.5 Å². The van der Waals surface area contributed by atoms with Crippen molar-refractivity contribution in [3.05, 3.63) is 46.4 Å². The molecule has 0 aliphatic rings. The third kappa shape index (κ3) is 3.80. The molecule has 3 N–H and O–H groups in total. The second-order valence-corrected chi connectivity index (χ2v) is 6.27. The number of pyridine rings is 2. The number of nitrogens with one attached hydrogen (secondary N) is 1. The predicted molar refractivity (Wildman–Crippen MR) is 104 cm³/mol. The van der Waals surface area contributed by atoms with Gasteiger partial charge in [0.2, 0.25) is 11.5 Å². The maximum atomic E-state index is 13.0. The second kappa shape index (κ2) is 8.77. The number of nitrogens with two attached hydrogens (primary N) is 1. The molecule has 0 aliphatic carbocycles. The molecule has 0 radical (unpaired) electrons. The molecule has 3 heterocycles. The zero-order chi connectivity index (χ0) is 20.1. The van der Waals surface area contributed by atoms with Crippen molar-refractivity contribution in [1.29, 1.82) is 0 Å². The fourth-order valence-electron chi connectivity index (χ4n) is 3.01. The average molecular weight is 386 g/mol. The minimum Gasteiger partial charge on any atom is -0.385 e. The van der Waals surface area contributed by atoms with Gasteiger partial charge in [0, 0.05) is 33.6 Å². The van der Waals surface area contributed by atoms with E-state index in [1.54, 1.807) is 43.2 Å². The van der Waals surface area contributed by atoms with Gasteiger partial charge in [-0.3, -0.25) is 14.0 Å². The molecule has 1 amide bonds. The number of fused-ring (bicyclic) bond motifs is 2. The lowest BCUT2D eigenvalue weighted by molar-refractivity contribution is -0.660. The van der Waals surface area contributed by atoms with E-state index in [4.69, 9.17) is 15.2 Å². The number of aromatic nitrogens is 3. The molecule has 0 atom stereocenters. The van der Waals surface area contributed by atoms with E-state index in [9.17, 15) is 9.59 Å². The molecule has 9 heteroatoms. The van der Waals surface area contributed by atoms with Crippen LogP contribution < -0.4 is 21.2 Å². The molecular weight excluding hydrogens is 362 g/mol. The molecule has 0 fully saturated rings. The van der Waals surface area contributed by atoms with E-state index in [1.807, 2.05) is 0 Å². The van der Waals surface area contributed by atoms with Crippen molar-refractivity contribution in [2.45, 2.75) is 13.0 Å². The predicted octanol–water partition coefficient (Wildman–Crippen LogP) is 0.130. The van der Waals surface area contributed by atoms with Crippen LogP contribution >= 0.6 is 0 Å². The fourth-order valence-corrected chi connectivity index (χ4v) is 3.01. The number of ether oxygens (including phenoxy) is 2. The van der Waals surface area contributed by atoms with Crippen molar-refractivity contribution in [3.8, 4) is 0 Å². The van der Waals surface area contributed by atoms with Gasteiger partial charge >= 0.3 is 0 Å². The molecule has 0 saturated carbocycles. The van der Waals surface area contributed by atoms with Crippen molar-refractivity contribution >= 4 is 28.4 Å². The zero-order valence-electron chi connectivity index (χ0n) is 16.0. The van der Waals surface area contributed by atoms with E-state index < -0.39 is 0 Å². The van der Waals surface area contributed by atoms with Gasteiger partial charge in [-0.2, -0.15) is 0 Å². The van der Waals surface area contributed by atoms with Gasteiger partial charge in [0.15, 0.2) is 0 Å². The highest BCUT2D eigenvalue weighted by Gasteiger charge is 2.24. The highest BCUT2D eigenvalue weighted by atomic mass is 16.5. The third-order valence-electron chi connectivity index (χ3n) is 4.43. The number of methoxy groups -OCH3 is 2. The average Bonchev–Trinajstić information content (AvgIpc) is 2.70. The summed E-state index contributed by atoms with van der Waals surface area (Å²) in [6.07, 6.45) is 2.32. The number of hydrogen-bond donors (Lipinski definition) is 2. The van der Waals surface area contributed by atoms with Gasteiger partial charge in [-0.1, -0.05) is 11.1 Å². The zero-order valence-corrected chi connectivity index (χ0v) is 16.0. The number of rotatable bonds is 8. The summed E-state index contributed by atoms with van der Waals surface area (Å²) in [4.78, 5) is 30.2. The van der Waals surface area contributed by atoms with Crippen molar-refractivity contribution < 1.29 is 18.8 Å². The van der Waals surface area contributed by atoms with Crippen LogP contribution in [0.15, 0.2) is 35.3 Å². The summed E-state index contributed by atoms with van der Waals surface area (Å²) in [5, 5.41) is 3.12. The third-order valence-corrected chi connectivity index (χ3v) is 4.43. The molecule has 0 bridgehead atoms. The van der Waals surface area contributed by atoms with Crippen LogP contribution in [0.3, 0.4) is 0 Å². The van der Waals surface area contributed by atoms with Gasteiger partial charge in [-0.05, 0) is 24.6 Å². The number of amides is 1. The maximum Gasteiger partial charge on any atom is 0.278 e. The lowest BCUT2D eigenvalue weighted by Crippen LogP contribution is -2.44. The summed E-state index contributed by atoms with van der Waals surface area (Å²) >= 11 is 0. The van der Waals surface area contributed by atoms with Crippen LogP contribution in [0.5, 0.6) is 0 Å². The molecule has 0 aliphatic heterocycles. The summed E-state index contributed by atoms with van der Waals surface area (Å²) in [6, 6.07) is 6.81. The Balaban J connectivity index is 2.15. The van der Waals surface area contributed by atoms with Crippen LogP contribution in [-0.2, 0) is 16.0 Å². The maximum absolute atomic E-state index is 13.0. The molecule has 3 aromatic heterocycles. The van der Waals surface area contributed by atoms with Gasteiger partial charge in [0.25, 0.3) is 17.1 Å². The number of nitrogen functional groups attached to an aromatic ring is 1. The Bertz CT molecular complexity index is 1060. The molecule has 0 aromatic carbocycles. The minimum absolute atomic E-state index is 0.232. The Morgan fingerprint density at radius 2 is 2.07 bits per heavy atom. The highest BCUT2D eigenvalue weighted by Crippen LogP contribution is 2.14. The minimum atomic E-state index is -0.348. The fraction of sp³-hybridized carbons (Fsp3) is 0.368. The van der Waals surface area contributed by atoms with Crippen LogP contribution in [0.2, 0.25) is 0 Å². The van der Waals surface area contributed by atoms with Gasteiger partial charge in [-0.15, -0.1) is 0 Å². The summed E-state index contributed by atoms with van der Waals surface area (Å²) in [5.41, 5.74) is 7.18. The van der Waals surface area contributed by atoms with Crippen LogP contribution in [0.1, 0.15) is 16.8 Å². The summed E-state index contributed by atoms with van der Waals surface area (Å²) in [5.74, 6) is -0.111. The topological polar surface area (TPSA) is 112 Å². The first-order valence-electron chi connectivity index (χ1n) is 8.98. The van der Waals surface area contributed by atoms with Crippen molar-refractivity contribution in [2.75, 3.05) is 39.7 Å². The van der Waals surface area contributed by atoms with E-state index in [-0.39, 0.29) is 22.8 Å². The van der Waals surface area contributed by atoms with Gasteiger partial charge in [0.1, 0.15) is 10.9 Å². The first-order valence-corrected chi connectivity index (χ1v) is 8.98. The Labute approximate surface area is 161 Å². The Kier molecular flexibility index (Phi) is 6.17. The van der Waals surface area contributed by atoms with Gasteiger partial charge < -0.3 is 20.5 Å². The van der Waals surface area contributed by atoms with Crippen molar-refractivity contribution in [1.82, 2.24) is 14.7 Å². The standard InChI is InChI=1S/C19H23N5O4/c1-27-10-5-7-21-18(25)13-12-14-17(24(16(13)20)9-11-28-2)22-15-6-3-4-8-23(15)19(14)26/h3-4,6,8,12,20H,5,7,9-11H2,1-2H3,(H,21,25)/p+1. The van der Waals surface area contributed by atoms with Crippen molar-refractivity contribution in [3.63, 3.8) is 0 Å². The van der Waals surface area contributed by atoms with Crippen LogP contribution in [0, 0.1) is 0 Å². The molecule has 0 spiro atoms. The number of hydrogen-bond acceptors (Lipinski definition) is 6. The van der Waals surface area contributed by atoms with Gasteiger partial charge in [-0.25, -0.2) is 4.57 Å². The first kappa shape index (κ1) is 19.7. The van der Waals surface area contributed by atoms with E-state index in [2.05, 4.69) is 10.3 Å². The SMILES string of the molecule is COCCCNC(=O)c1cc2c(=O)n3ccccc3nc2[n+](CCOC)c1N. The Morgan fingerprint density at radius 3 is 2.82 bits per heavy atom. The molecule has 3 rings (SSSR count). The van der Waals surface area contributed by atoms with Crippen LogP contribution in [-0.4, -0.2) is 49.3 Å². The second-order valence-electron chi connectivity index (χ2n) is 6.27. The largest absolute Gasteiger partial charge is 0.385 e. The Hall–Kier alpha value is -3.04. The van der Waals surface area contributed by atoms with E-state index in [0.717, 1.165) is 0 Å². The van der Waals surface area contributed by atoms with Crippen molar-refractivity contribution in [2.24, 2.45) is 0 Å². The van der Waals surface area contributed by atoms with E-state index >= 15 is 0 Å². The van der Waals surface area contributed by atoms with Crippen LogP contribution in [0.25, 0.3) is 16.7 Å². The molecular formula is C19H24N5O4+. The quantitative estimate of drug-likeness (QED) is 0.323. The number of anilines is 1. The molecule has 28 heavy (non-hydrogen) atoms. The van der Waals surface area contributed by atoms with Gasteiger partial charge in [0.05, 0.1) is 13.2 Å². The number of carbonyl (C=O) groups is 1. The lowest BCUT2D eigenvalue weighted by Gasteiger charge is -2.12. The smallest absolute Gasteiger partial charge is 0.278 e. The summed E-state index contributed by atoms with van der Waals surface area (Å²) in [7, 11) is 3.18. The monoisotopic (exact) mass is 386 g/mol. The molecule has 3 aromatic rings. The molecule has 0 unspecified atom stereocenters. The molecule has 9 nitrogen and oxygen atoms in total. The lowest BCUT2D eigenvalue weighted by atomic mass is 10.1. The first-order chi connectivity index (χ1) is 13.6. The highest BCUT2D eigenvalue weighted by molar-refractivity contribution is 6.00. The number of nitrogens with zero attached hydrogens (tertiary/aromatic N) is 3. The molecule has 0 saturated heterocycles. The van der Waals surface area contributed by atoms with E-state index in [0.29, 0.717) is 49.4 Å². The summed E-state index contributed by atoms with van der Waals surface area (Å²) in [6.45, 7) is 1.70. The molecule has 148 valence electrons. The van der Waals surface area contributed by atoms with Crippen LogP contribution in [0.4, 0.5) is 5.82 Å². The summed E-state index contributed by atoms with van der Waals surface area (Å²) < 4.78 is 13.2.